The zero-order valence-electron chi connectivity index (χ0n) is 48.4. The molecule has 390 valence electrons. The van der Waals surface area contributed by atoms with Crippen molar-refractivity contribution >= 4 is 74.3 Å². The molecule has 0 spiro atoms. The van der Waals surface area contributed by atoms with Crippen molar-refractivity contribution in [2.75, 3.05) is 14.7 Å². The first-order chi connectivity index (χ1) is 37.1. The maximum absolute atomic E-state index is 2.71. The highest BCUT2D eigenvalue weighted by Crippen LogP contribution is 2.54. The highest BCUT2D eigenvalue weighted by molar-refractivity contribution is 7.00. The summed E-state index contributed by atoms with van der Waals surface area (Å²) in [6.07, 6.45) is 2.26. The van der Waals surface area contributed by atoms with Gasteiger partial charge >= 0.3 is 0 Å². The molecule has 9 aromatic carbocycles. The monoisotopic (exact) mass is 1020 g/mol. The van der Waals surface area contributed by atoms with Gasteiger partial charge in [0.2, 0.25) is 0 Å². The van der Waals surface area contributed by atoms with E-state index < -0.39 is 0 Å². The average Bonchev–Trinajstić information content (AvgIpc) is 2.64. The third-order valence-electron chi connectivity index (χ3n) is 17.6. The van der Waals surface area contributed by atoms with Gasteiger partial charge < -0.3 is 14.7 Å². The Hall–Kier alpha value is -7.56. The average molecular weight is 1020 g/mol. The van der Waals surface area contributed by atoms with Gasteiger partial charge in [0, 0.05) is 45.4 Å². The van der Waals surface area contributed by atoms with E-state index in [0.29, 0.717) is 0 Å². The summed E-state index contributed by atoms with van der Waals surface area (Å²) in [7, 11) is 0. The lowest BCUT2D eigenvalue weighted by Crippen LogP contribution is -2.62. The lowest BCUT2D eigenvalue weighted by molar-refractivity contribution is 0.332. The van der Waals surface area contributed by atoms with Gasteiger partial charge in [0.15, 0.2) is 0 Å². The Labute approximate surface area is 466 Å². The van der Waals surface area contributed by atoms with Crippen LogP contribution in [0.3, 0.4) is 0 Å². The molecule has 0 atom stereocenters. The largest absolute Gasteiger partial charge is 0.311 e. The molecule has 2 aliphatic heterocycles. The number of anilines is 9. The maximum Gasteiger partial charge on any atom is 0.252 e. The van der Waals surface area contributed by atoms with E-state index in [4.69, 9.17) is 0 Å². The molecule has 0 aromatic heterocycles. The minimum atomic E-state index is -0.100. The van der Waals surface area contributed by atoms with Crippen molar-refractivity contribution in [3.8, 4) is 22.3 Å². The van der Waals surface area contributed by atoms with Crippen molar-refractivity contribution < 1.29 is 0 Å². The summed E-state index contributed by atoms with van der Waals surface area (Å²) in [5.41, 5.74) is 26.0. The molecule has 0 radical (unpaired) electrons. The van der Waals surface area contributed by atoms with E-state index in [2.05, 4.69) is 305 Å². The molecule has 3 nitrogen and oxygen atoms in total. The van der Waals surface area contributed by atoms with Crippen LogP contribution in [-0.4, -0.2) is 6.71 Å². The molecule has 4 heteroatoms. The summed E-state index contributed by atoms with van der Waals surface area (Å²) in [5, 5.41) is 0. The number of para-hydroxylation sites is 2. The highest BCUT2D eigenvalue weighted by atomic mass is 15.2. The normalized spacial score (nSPS) is 15.3. The van der Waals surface area contributed by atoms with E-state index in [1.807, 2.05) is 0 Å². The molecule has 0 saturated carbocycles. The third-order valence-corrected chi connectivity index (χ3v) is 17.6. The van der Waals surface area contributed by atoms with E-state index in [1.54, 1.807) is 0 Å². The lowest BCUT2D eigenvalue weighted by Gasteiger charge is -2.48. The van der Waals surface area contributed by atoms with Crippen molar-refractivity contribution in [3.63, 3.8) is 0 Å². The van der Waals surface area contributed by atoms with Gasteiger partial charge in [-0.15, -0.1) is 0 Å². The van der Waals surface area contributed by atoms with E-state index in [1.165, 1.54) is 94.9 Å². The number of benzene rings is 9. The SMILES string of the molecule is CC(C)(C)c1ccc(N2c3ccc(C(C)(C)C)cc3B3c4cc5c(cc4N(c4ccc(C(C)(C)C)cc4-c4ccccc4-c4ccccc4)c4cc(N(c6ccccc6)c6ccccc6)cc2c43)C(C)(C)CCC5(C)C)cc1. The molecule has 0 unspecified atom stereocenters. The predicted octanol–water partition coefficient (Wildman–Crippen LogP) is 18.8. The number of hydrogen-bond donors (Lipinski definition) is 0. The lowest BCUT2D eigenvalue weighted by atomic mass is 9.33. The third kappa shape index (κ3) is 8.77. The topological polar surface area (TPSA) is 9.72 Å². The van der Waals surface area contributed by atoms with Crippen LogP contribution in [0.1, 0.15) is 131 Å². The van der Waals surface area contributed by atoms with Gasteiger partial charge in [-0.3, -0.25) is 0 Å². The minimum absolute atomic E-state index is 0.00105. The molecular weight excluding hydrogens is 942 g/mol. The van der Waals surface area contributed by atoms with Gasteiger partial charge in [-0.25, -0.2) is 0 Å². The Morgan fingerprint density at radius 1 is 0.372 bits per heavy atom. The second-order valence-electron chi connectivity index (χ2n) is 26.9. The van der Waals surface area contributed by atoms with Crippen LogP contribution in [-0.2, 0) is 27.1 Å². The van der Waals surface area contributed by atoms with Gasteiger partial charge in [0.05, 0.1) is 11.4 Å². The smallest absolute Gasteiger partial charge is 0.252 e. The summed E-state index contributed by atoms with van der Waals surface area (Å²) in [6.45, 7) is 30.9. The van der Waals surface area contributed by atoms with Crippen LogP contribution >= 0.6 is 0 Å². The molecule has 1 aliphatic carbocycles. The molecule has 78 heavy (non-hydrogen) atoms. The molecule has 0 N–H and O–H groups in total. The minimum Gasteiger partial charge on any atom is -0.311 e. The zero-order valence-corrected chi connectivity index (χ0v) is 48.4. The molecule has 9 aromatic rings. The van der Waals surface area contributed by atoms with Crippen LogP contribution in [0.4, 0.5) is 51.2 Å². The summed E-state index contributed by atoms with van der Waals surface area (Å²) < 4.78 is 0. The number of nitrogens with zero attached hydrogens (tertiary/aromatic N) is 3. The first-order valence-electron chi connectivity index (χ1n) is 28.5. The first-order valence-corrected chi connectivity index (χ1v) is 28.5. The van der Waals surface area contributed by atoms with Gasteiger partial charge in [-0.2, -0.15) is 0 Å². The van der Waals surface area contributed by atoms with Gasteiger partial charge in [-0.1, -0.05) is 217 Å². The second-order valence-corrected chi connectivity index (χ2v) is 26.9. The fourth-order valence-corrected chi connectivity index (χ4v) is 12.9. The van der Waals surface area contributed by atoms with Crippen LogP contribution in [0.15, 0.2) is 200 Å². The van der Waals surface area contributed by atoms with Crippen LogP contribution in [0.5, 0.6) is 0 Å². The van der Waals surface area contributed by atoms with Gasteiger partial charge in [-0.05, 0) is 174 Å². The van der Waals surface area contributed by atoms with Gasteiger partial charge in [0.1, 0.15) is 0 Å². The standard InChI is InChI=1S/C74H76BN3/c1-70(2,3)50-33-37-55(38-34-50)77-65-40-36-52(72(7,8)9)44-62(65)75-63-47-60-61(74(12,13)42-41-73(60,10)11)48-66(63)78(68-46-56(45-67(77)69(68)75)76(53-27-19-15-20-28-53)54-29-21-16-22-30-54)64-39-35-51(71(4,5)6)43-59(64)58-32-24-23-31-57(58)49-25-17-14-18-26-49/h14-40,43-48H,41-42H2,1-13H3. The Bertz CT molecular complexity index is 3700. The molecule has 2 heterocycles. The van der Waals surface area contributed by atoms with E-state index >= 15 is 0 Å². The summed E-state index contributed by atoms with van der Waals surface area (Å²) >= 11 is 0. The molecular formula is C74H76BN3. The van der Waals surface area contributed by atoms with Crippen molar-refractivity contribution in [1.29, 1.82) is 0 Å². The molecule has 3 aliphatic rings. The maximum atomic E-state index is 2.71. The molecule has 0 fully saturated rings. The number of rotatable bonds is 7. The molecule has 12 rings (SSSR count). The van der Waals surface area contributed by atoms with Crippen molar-refractivity contribution in [1.82, 2.24) is 0 Å². The Morgan fingerprint density at radius 2 is 0.833 bits per heavy atom. The number of hydrogen-bond acceptors (Lipinski definition) is 3. The number of fused-ring (bicyclic) bond motifs is 5. The van der Waals surface area contributed by atoms with Gasteiger partial charge in [0.25, 0.3) is 6.71 Å². The summed E-state index contributed by atoms with van der Waals surface area (Å²) in [5.74, 6) is 0. The molecule has 0 saturated heterocycles. The Kier molecular flexibility index (Phi) is 12.2. The van der Waals surface area contributed by atoms with Crippen LogP contribution in [0.2, 0.25) is 0 Å². The van der Waals surface area contributed by atoms with Crippen LogP contribution in [0, 0.1) is 0 Å². The molecule has 0 amide bonds. The Balaban J connectivity index is 1.27. The van der Waals surface area contributed by atoms with E-state index in [-0.39, 0.29) is 33.8 Å². The summed E-state index contributed by atoms with van der Waals surface area (Å²) in [6, 6.07) is 76.6. The quantitative estimate of drug-likeness (QED) is 0.147. The van der Waals surface area contributed by atoms with Crippen LogP contribution < -0.4 is 31.1 Å². The molecule has 0 bridgehead atoms. The van der Waals surface area contributed by atoms with Crippen molar-refractivity contribution in [2.45, 2.75) is 130 Å². The highest BCUT2D eigenvalue weighted by Gasteiger charge is 2.48. The van der Waals surface area contributed by atoms with Crippen LogP contribution in [0.25, 0.3) is 22.3 Å². The predicted molar refractivity (Wildman–Crippen MR) is 337 cm³/mol. The Morgan fingerprint density at radius 3 is 1.40 bits per heavy atom. The fraction of sp³-hybridized carbons (Fsp3) is 0.270. The fourth-order valence-electron chi connectivity index (χ4n) is 12.9. The first kappa shape index (κ1) is 51.2. The second kappa shape index (κ2) is 18.5. The van der Waals surface area contributed by atoms with Crippen molar-refractivity contribution in [2.24, 2.45) is 0 Å². The van der Waals surface area contributed by atoms with E-state index in [9.17, 15) is 0 Å². The zero-order chi connectivity index (χ0) is 54.7. The van der Waals surface area contributed by atoms with Crippen molar-refractivity contribution in [3.05, 3.63) is 228 Å². The summed E-state index contributed by atoms with van der Waals surface area (Å²) in [4.78, 5) is 7.78. The van der Waals surface area contributed by atoms with E-state index in [0.717, 1.165) is 35.6 Å².